The molecule has 90 valence electrons. The molecule has 0 radical (unpaired) electrons. The van der Waals surface area contributed by atoms with Crippen molar-refractivity contribution in [3.63, 3.8) is 0 Å². The predicted octanol–water partition coefficient (Wildman–Crippen LogP) is -0.000700. The van der Waals surface area contributed by atoms with E-state index in [-0.39, 0.29) is 17.9 Å². The summed E-state index contributed by atoms with van der Waals surface area (Å²) in [6.07, 6.45) is 2.62. The minimum absolute atomic E-state index is 0.00858. The van der Waals surface area contributed by atoms with E-state index in [9.17, 15) is 13.2 Å². The number of sulfone groups is 1. The number of anilines is 1. The molecule has 8 heteroatoms. The Morgan fingerprint density at radius 2 is 2.19 bits per heavy atom. The molecule has 0 aliphatic carbocycles. The smallest absolute Gasteiger partial charge is 0.282 e. The monoisotopic (exact) mass is 309 g/mol. The van der Waals surface area contributed by atoms with E-state index < -0.39 is 9.84 Å². The molecule has 0 bridgehead atoms. The highest BCUT2D eigenvalue weighted by Crippen LogP contribution is 2.15. The zero-order chi connectivity index (χ0) is 12.3. The lowest BCUT2D eigenvalue weighted by molar-refractivity contribution is 0.602. The van der Waals surface area contributed by atoms with Gasteiger partial charge in [0.05, 0.1) is 17.6 Å². The van der Waals surface area contributed by atoms with Gasteiger partial charge in [-0.3, -0.25) is 4.79 Å². The number of halogens is 1. The molecular formula is C8H12BrN3O3S. The van der Waals surface area contributed by atoms with E-state index >= 15 is 0 Å². The van der Waals surface area contributed by atoms with Gasteiger partial charge in [-0.1, -0.05) is 0 Å². The Balaban J connectivity index is 2.76. The molecule has 0 amide bonds. The van der Waals surface area contributed by atoms with Crippen LogP contribution in [0.2, 0.25) is 0 Å². The van der Waals surface area contributed by atoms with E-state index in [0.717, 1.165) is 6.26 Å². The topological polar surface area (TPSA) is 81.1 Å². The molecule has 1 aromatic heterocycles. The highest BCUT2D eigenvalue weighted by Gasteiger charge is 2.07. The number of hydrogen-bond donors (Lipinski definition) is 1. The number of aromatic nitrogens is 2. The van der Waals surface area contributed by atoms with Crippen LogP contribution in [0.4, 0.5) is 5.69 Å². The Bertz CT molecular complexity index is 538. The molecule has 0 unspecified atom stereocenters. The molecule has 16 heavy (non-hydrogen) atoms. The Hall–Kier alpha value is -0.890. The molecule has 6 nitrogen and oxygen atoms in total. The van der Waals surface area contributed by atoms with E-state index in [4.69, 9.17) is 0 Å². The third-order valence-electron chi connectivity index (χ3n) is 1.87. The second-order valence-corrected chi connectivity index (χ2v) is 6.41. The Kier molecular flexibility index (Phi) is 4.09. The molecule has 0 saturated heterocycles. The van der Waals surface area contributed by atoms with Crippen molar-refractivity contribution >= 4 is 31.5 Å². The van der Waals surface area contributed by atoms with Crippen LogP contribution >= 0.6 is 15.9 Å². The number of aryl methyl sites for hydroxylation is 1. The van der Waals surface area contributed by atoms with Crippen LogP contribution < -0.4 is 10.9 Å². The van der Waals surface area contributed by atoms with Crippen LogP contribution in [0.5, 0.6) is 0 Å². The summed E-state index contributed by atoms with van der Waals surface area (Å²) in [6.45, 7) is 0.242. The van der Waals surface area contributed by atoms with Gasteiger partial charge in [0.15, 0.2) is 0 Å². The Morgan fingerprint density at radius 3 is 2.75 bits per heavy atom. The van der Waals surface area contributed by atoms with Crippen molar-refractivity contribution in [1.29, 1.82) is 0 Å². The molecule has 1 heterocycles. The average Bonchev–Trinajstić information content (AvgIpc) is 2.16. The molecule has 1 rings (SSSR count). The normalized spacial score (nSPS) is 11.4. The van der Waals surface area contributed by atoms with Gasteiger partial charge >= 0.3 is 0 Å². The average molecular weight is 310 g/mol. The summed E-state index contributed by atoms with van der Waals surface area (Å²) in [5.41, 5.74) is 0.219. The van der Waals surface area contributed by atoms with Gasteiger partial charge in [0.2, 0.25) is 0 Å². The van der Waals surface area contributed by atoms with E-state index in [1.54, 1.807) is 0 Å². The van der Waals surface area contributed by atoms with Crippen LogP contribution in [0.1, 0.15) is 0 Å². The molecule has 0 atom stereocenters. The van der Waals surface area contributed by atoms with Crippen molar-refractivity contribution in [2.24, 2.45) is 7.05 Å². The van der Waals surface area contributed by atoms with Gasteiger partial charge in [0, 0.05) is 19.8 Å². The summed E-state index contributed by atoms with van der Waals surface area (Å²) >= 11 is 3.13. The molecule has 0 aromatic carbocycles. The molecule has 0 saturated carbocycles. The number of hydrogen-bond acceptors (Lipinski definition) is 5. The minimum Gasteiger partial charge on any atom is -0.382 e. The molecule has 0 aliphatic rings. The lowest BCUT2D eigenvalue weighted by atomic mass is 10.4. The fourth-order valence-corrected chi connectivity index (χ4v) is 1.98. The lowest BCUT2D eigenvalue weighted by Crippen LogP contribution is -2.22. The zero-order valence-corrected chi connectivity index (χ0v) is 11.3. The van der Waals surface area contributed by atoms with Crippen LogP contribution in [0.25, 0.3) is 0 Å². The second-order valence-electron chi connectivity index (χ2n) is 3.36. The fraction of sp³-hybridized carbons (Fsp3) is 0.500. The standard InChI is InChI=1S/C8H12BrN3O3S/c1-12-8(13)7(9)6(5-11-12)10-3-4-16(2,14)15/h5,10H,3-4H2,1-2H3. The van der Waals surface area contributed by atoms with Gasteiger partial charge in [0.1, 0.15) is 14.3 Å². The van der Waals surface area contributed by atoms with Crippen molar-refractivity contribution in [1.82, 2.24) is 9.78 Å². The maximum atomic E-state index is 11.4. The quantitative estimate of drug-likeness (QED) is 0.846. The van der Waals surface area contributed by atoms with Crippen LogP contribution in [0, 0.1) is 0 Å². The highest BCUT2D eigenvalue weighted by molar-refractivity contribution is 9.10. The van der Waals surface area contributed by atoms with Crippen molar-refractivity contribution in [2.45, 2.75) is 0 Å². The van der Waals surface area contributed by atoms with Gasteiger partial charge in [-0.2, -0.15) is 5.10 Å². The van der Waals surface area contributed by atoms with Crippen LogP contribution in [-0.2, 0) is 16.9 Å². The lowest BCUT2D eigenvalue weighted by Gasteiger charge is -2.07. The largest absolute Gasteiger partial charge is 0.382 e. The maximum Gasteiger partial charge on any atom is 0.282 e. The Morgan fingerprint density at radius 1 is 1.56 bits per heavy atom. The first-order chi connectivity index (χ1) is 7.31. The van der Waals surface area contributed by atoms with E-state index in [0.29, 0.717) is 10.2 Å². The summed E-state index contributed by atoms with van der Waals surface area (Å²) in [5, 5.41) is 6.65. The number of nitrogens with zero attached hydrogens (tertiary/aromatic N) is 2. The highest BCUT2D eigenvalue weighted by atomic mass is 79.9. The molecule has 0 fully saturated rings. The Labute approximate surface area is 102 Å². The summed E-state index contributed by atoms with van der Waals surface area (Å²) < 4.78 is 23.3. The van der Waals surface area contributed by atoms with Crippen molar-refractivity contribution in [2.75, 3.05) is 23.9 Å². The number of rotatable bonds is 4. The third-order valence-corrected chi connectivity index (χ3v) is 3.58. The fourth-order valence-electron chi connectivity index (χ4n) is 1.01. The predicted molar refractivity (Wildman–Crippen MR) is 65.4 cm³/mol. The molecule has 1 N–H and O–H groups in total. The van der Waals surface area contributed by atoms with E-state index in [2.05, 4.69) is 26.3 Å². The van der Waals surface area contributed by atoms with Gasteiger partial charge in [-0.05, 0) is 15.9 Å². The third kappa shape index (κ3) is 3.60. The molecule has 0 aliphatic heterocycles. The molecule has 0 spiro atoms. The van der Waals surface area contributed by atoms with Crippen molar-refractivity contribution in [3.05, 3.63) is 21.0 Å². The van der Waals surface area contributed by atoms with Crippen LogP contribution in [-0.4, -0.2) is 36.8 Å². The van der Waals surface area contributed by atoms with Gasteiger partial charge in [0.25, 0.3) is 5.56 Å². The van der Waals surface area contributed by atoms with Gasteiger partial charge in [-0.25, -0.2) is 13.1 Å². The van der Waals surface area contributed by atoms with Crippen molar-refractivity contribution < 1.29 is 8.42 Å². The van der Waals surface area contributed by atoms with Gasteiger partial charge < -0.3 is 5.32 Å². The van der Waals surface area contributed by atoms with Crippen molar-refractivity contribution in [3.8, 4) is 0 Å². The summed E-state index contributed by atoms with van der Waals surface area (Å²) in [5.74, 6) is 0.00858. The van der Waals surface area contributed by atoms with E-state index in [1.165, 1.54) is 17.9 Å². The summed E-state index contributed by atoms with van der Waals surface area (Å²) in [7, 11) is -1.47. The SMILES string of the molecule is Cn1ncc(NCCS(C)(=O)=O)c(Br)c1=O. The second kappa shape index (κ2) is 4.96. The summed E-state index contributed by atoms with van der Waals surface area (Å²) in [4.78, 5) is 11.4. The van der Waals surface area contributed by atoms with Gasteiger partial charge in [-0.15, -0.1) is 0 Å². The first-order valence-electron chi connectivity index (χ1n) is 4.44. The molecule has 1 aromatic rings. The molecular weight excluding hydrogens is 298 g/mol. The van der Waals surface area contributed by atoms with E-state index in [1.807, 2.05) is 0 Å². The van der Waals surface area contributed by atoms with Crippen LogP contribution in [0.15, 0.2) is 15.5 Å². The first-order valence-corrected chi connectivity index (χ1v) is 7.30. The minimum atomic E-state index is -3.01. The zero-order valence-electron chi connectivity index (χ0n) is 8.90. The first kappa shape index (κ1) is 13.2. The maximum absolute atomic E-state index is 11.4. The summed E-state index contributed by atoms with van der Waals surface area (Å²) in [6, 6.07) is 0. The van der Waals surface area contributed by atoms with Crippen LogP contribution in [0.3, 0.4) is 0 Å². The number of nitrogens with one attached hydrogen (secondary N) is 1.